The second kappa shape index (κ2) is 4.40. The Morgan fingerprint density at radius 2 is 2.19 bits per heavy atom. The van der Waals surface area contributed by atoms with E-state index in [1.54, 1.807) is 10.8 Å². The monoisotopic (exact) mass is 281 g/mol. The van der Waals surface area contributed by atoms with Crippen LogP contribution in [0.15, 0.2) is 30.9 Å². The van der Waals surface area contributed by atoms with Crippen molar-refractivity contribution < 1.29 is 0 Å². The van der Waals surface area contributed by atoms with E-state index in [0.29, 0.717) is 18.0 Å². The number of rotatable bonds is 3. The fourth-order valence-electron chi connectivity index (χ4n) is 2.19. The number of H-pyrrole nitrogens is 1. The van der Waals surface area contributed by atoms with Crippen molar-refractivity contribution in [1.29, 1.82) is 0 Å². The zero-order valence-corrected chi connectivity index (χ0v) is 10.9. The number of hydrogen-bond donors (Lipinski definition) is 3. The average molecular weight is 281 g/mol. The summed E-state index contributed by atoms with van der Waals surface area (Å²) in [7, 11) is 0. The second-order valence-corrected chi connectivity index (χ2v) is 4.43. The van der Waals surface area contributed by atoms with E-state index in [-0.39, 0.29) is 5.95 Å². The minimum absolute atomic E-state index is 0.177. The number of aromatic nitrogens is 7. The minimum atomic E-state index is 0.177. The molecule has 4 aromatic rings. The minimum Gasteiger partial charge on any atom is -0.368 e. The van der Waals surface area contributed by atoms with Gasteiger partial charge in [0.15, 0.2) is 17.1 Å². The fourth-order valence-corrected chi connectivity index (χ4v) is 2.19. The Bertz CT molecular complexity index is 923. The lowest BCUT2D eigenvalue weighted by Gasteiger charge is -2.08. The zero-order chi connectivity index (χ0) is 14.2. The second-order valence-electron chi connectivity index (χ2n) is 4.43. The third-order valence-corrected chi connectivity index (χ3v) is 3.12. The molecular formula is C12H11N9. The Morgan fingerprint density at radius 3 is 3.14 bits per heavy atom. The van der Waals surface area contributed by atoms with Gasteiger partial charge in [-0.3, -0.25) is 0 Å². The Balaban J connectivity index is 1.69. The molecule has 0 aromatic carbocycles. The van der Waals surface area contributed by atoms with Crippen LogP contribution in [0.1, 0.15) is 5.69 Å². The van der Waals surface area contributed by atoms with Crippen LogP contribution in [0, 0.1) is 0 Å². The molecule has 0 amide bonds. The standard InChI is InChI=1S/C12H11N9/c13-12-19-10(9-11(20-12)17-5-16-9)14-4-7-2-1-3-8-15-6-18-21(7)8/h1-3,5-6H,4H2,(H4,13,14,16,17,19,20). The van der Waals surface area contributed by atoms with Crippen molar-refractivity contribution in [2.75, 3.05) is 11.1 Å². The summed E-state index contributed by atoms with van der Waals surface area (Å²) in [5, 5.41) is 7.41. The van der Waals surface area contributed by atoms with E-state index in [1.807, 2.05) is 18.2 Å². The Morgan fingerprint density at radius 1 is 1.24 bits per heavy atom. The van der Waals surface area contributed by atoms with Crippen molar-refractivity contribution in [2.24, 2.45) is 0 Å². The van der Waals surface area contributed by atoms with E-state index in [1.165, 1.54) is 6.33 Å². The van der Waals surface area contributed by atoms with Gasteiger partial charge in [0.2, 0.25) is 5.95 Å². The van der Waals surface area contributed by atoms with Gasteiger partial charge < -0.3 is 16.0 Å². The number of anilines is 2. The summed E-state index contributed by atoms with van der Waals surface area (Å²) < 4.78 is 1.77. The highest BCUT2D eigenvalue weighted by atomic mass is 15.3. The van der Waals surface area contributed by atoms with E-state index in [2.05, 4.69) is 35.3 Å². The van der Waals surface area contributed by atoms with Crippen molar-refractivity contribution in [3.05, 3.63) is 36.5 Å². The van der Waals surface area contributed by atoms with Crippen LogP contribution in [0.25, 0.3) is 16.8 Å². The first-order valence-electron chi connectivity index (χ1n) is 6.29. The first-order valence-corrected chi connectivity index (χ1v) is 6.29. The van der Waals surface area contributed by atoms with Crippen molar-refractivity contribution in [1.82, 2.24) is 34.5 Å². The Kier molecular flexibility index (Phi) is 2.43. The normalized spacial score (nSPS) is 11.2. The molecule has 0 spiro atoms. The Hall–Kier alpha value is -3.23. The first-order chi connectivity index (χ1) is 10.3. The van der Waals surface area contributed by atoms with Gasteiger partial charge in [0, 0.05) is 0 Å². The molecule has 0 atom stereocenters. The van der Waals surface area contributed by atoms with Crippen LogP contribution < -0.4 is 11.1 Å². The van der Waals surface area contributed by atoms with Crippen molar-refractivity contribution in [3.8, 4) is 0 Å². The molecular weight excluding hydrogens is 270 g/mol. The number of aromatic amines is 1. The smallest absolute Gasteiger partial charge is 0.224 e. The first kappa shape index (κ1) is 11.6. The molecule has 4 aromatic heterocycles. The quantitative estimate of drug-likeness (QED) is 0.502. The molecule has 4 N–H and O–H groups in total. The number of hydrogen-bond acceptors (Lipinski definition) is 7. The van der Waals surface area contributed by atoms with Gasteiger partial charge in [0.05, 0.1) is 18.6 Å². The maximum Gasteiger partial charge on any atom is 0.224 e. The molecule has 0 fully saturated rings. The predicted octanol–water partition coefficient (Wildman–Crippen LogP) is 0.590. The molecule has 0 saturated heterocycles. The van der Waals surface area contributed by atoms with Crippen LogP contribution in [0.5, 0.6) is 0 Å². The number of nitrogens with two attached hydrogens (primary N) is 1. The summed E-state index contributed by atoms with van der Waals surface area (Å²) >= 11 is 0. The molecule has 0 aliphatic heterocycles. The van der Waals surface area contributed by atoms with Gasteiger partial charge in [-0.25, -0.2) is 14.5 Å². The van der Waals surface area contributed by atoms with Crippen LogP contribution in [0.2, 0.25) is 0 Å². The van der Waals surface area contributed by atoms with Crippen molar-refractivity contribution >= 4 is 28.6 Å². The molecule has 0 aliphatic rings. The molecule has 4 heterocycles. The summed E-state index contributed by atoms with van der Waals surface area (Å²) in [6.07, 6.45) is 3.08. The van der Waals surface area contributed by atoms with E-state index < -0.39 is 0 Å². The summed E-state index contributed by atoms with van der Waals surface area (Å²) in [6.45, 7) is 0.519. The lowest BCUT2D eigenvalue weighted by molar-refractivity contribution is 0.868. The van der Waals surface area contributed by atoms with Crippen LogP contribution in [-0.2, 0) is 6.54 Å². The molecule has 0 saturated carbocycles. The van der Waals surface area contributed by atoms with Crippen LogP contribution in [0.3, 0.4) is 0 Å². The van der Waals surface area contributed by atoms with Gasteiger partial charge in [-0.1, -0.05) is 6.07 Å². The average Bonchev–Trinajstić information content (AvgIpc) is 3.12. The maximum atomic E-state index is 5.68. The SMILES string of the molecule is Nc1nc(NCc2cccc3ncnn23)c2[nH]cnc2n1. The summed E-state index contributed by atoms with van der Waals surface area (Å²) in [5.74, 6) is 0.781. The van der Waals surface area contributed by atoms with Gasteiger partial charge >= 0.3 is 0 Å². The number of nitrogen functional groups attached to an aromatic ring is 1. The van der Waals surface area contributed by atoms with Gasteiger partial charge in [-0.2, -0.15) is 15.1 Å². The van der Waals surface area contributed by atoms with E-state index in [0.717, 1.165) is 16.9 Å². The predicted molar refractivity (Wildman–Crippen MR) is 76.4 cm³/mol. The zero-order valence-electron chi connectivity index (χ0n) is 10.9. The van der Waals surface area contributed by atoms with Crippen LogP contribution in [-0.4, -0.2) is 34.5 Å². The molecule has 0 unspecified atom stereocenters. The number of fused-ring (bicyclic) bond motifs is 2. The third-order valence-electron chi connectivity index (χ3n) is 3.12. The number of imidazole rings is 1. The van der Waals surface area contributed by atoms with Gasteiger partial charge in [-0.05, 0) is 12.1 Å². The molecule has 9 nitrogen and oxygen atoms in total. The van der Waals surface area contributed by atoms with Crippen LogP contribution in [0.4, 0.5) is 11.8 Å². The van der Waals surface area contributed by atoms with Gasteiger partial charge in [0.1, 0.15) is 11.8 Å². The summed E-state index contributed by atoms with van der Waals surface area (Å²) in [4.78, 5) is 19.5. The Labute approximate surface area is 118 Å². The lowest BCUT2D eigenvalue weighted by atomic mass is 10.3. The number of nitrogens with zero attached hydrogens (tertiary/aromatic N) is 6. The van der Waals surface area contributed by atoms with Gasteiger partial charge in [0.25, 0.3) is 0 Å². The largest absolute Gasteiger partial charge is 0.368 e. The highest BCUT2D eigenvalue weighted by molar-refractivity contribution is 5.83. The highest BCUT2D eigenvalue weighted by Crippen LogP contribution is 2.18. The third kappa shape index (κ3) is 1.91. The lowest BCUT2D eigenvalue weighted by Crippen LogP contribution is -2.08. The fraction of sp³-hybridized carbons (Fsp3) is 0.0833. The molecule has 9 heteroatoms. The highest BCUT2D eigenvalue weighted by Gasteiger charge is 2.09. The summed E-state index contributed by atoms with van der Waals surface area (Å²) in [5.41, 5.74) is 8.68. The molecule has 21 heavy (non-hydrogen) atoms. The van der Waals surface area contributed by atoms with Gasteiger partial charge in [-0.15, -0.1) is 0 Å². The van der Waals surface area contributed by atoms with E-state index in [4.69, 9.17) is 5.73 Å². The molecule has 0 bridgehead atoms. The summed E-state index contributed by atoms with van der Waals surface area (Å²) in [6, 6.07) is 5.79. The van der Waals surface area contributed by atoms with E-state index in [9.17, 15) is 0 Å². The van der Waals surface area contributed by atoms with Crippen molar-refractivity contribution in [3.63, 3.8) is 0 Å². The molecule has 104 valence electrons. The molecule has 4 rings (SSSR count). The van der Waals surface area contributed by atoms with Crippen molar-refractivity contribution in [2.45, 2.75) is 6.54 Å². The molecule has 0 aliphatic carbocycles. The topological polar surface area (TPSA) is 123 Å². The number of nitrogens with one attached hydrogen (secondary N) is 2. The van der Waals surface area contributed by atoms with Crippen LogP contribution >= 0.6 is 0 Å². The number of pyridine rings is 1. The van der Waals surface area contributed by atoms with E-state index >= 15 is 0 Å². The molecule has 0 radical (unpaired) electrons. The maximum absolute atomic E-state index is 5.68.